The minimum Gasteiger partial charge on any atom is -0.294 e. The van der Waals surface area contributed by atoms with Gasteiger partial charge < -0.3 is 0 Å². The van der Waals surface area contributed by atoms with E-state index in [1.807, 2.05) is 32.1 Å². The van der Waals surface area contributed by atoms with Crippen molar-refractivity contribution in [1.29, 1.82) is 0 Å². The Morgan fingerprint density at radius 3 is 2.46 bits per heavy atom. The normalized spacial score (nSPS) is 15.1. The van der Waals surface area contributed by atoms with E-state index in [4.69, 9.17) is 0 Å². The van der Waals surface area contributed by atoms with Crippen LogP contribution < -0.4 is 0 Å². The van der Waals surface area contributed by atoms with E-state index in [9.17, 15) is 9.18 Å². The third-order valence-electron chi connectivity index (χ3n) is 5.02. The molecule has 0 radical (unpaired) electrons. The monoisotopic (exact) mass is 354 g/mol. The summed E-state index contributed by atoms with van der Waals surface area (Å²) in [7, 11) is 0. The summed E-state index contributed by atoms with van der Waals surface area (Å²) < 4.78 is 14.8. The second-order valence-electron chi connectivity index (χ2n) is 7.39. The Kier molecular flexibility index (Phi) is 8.03. The maximum absolute atomic E-state index is 14.8. The Balaban J connectivity index is 2.24. The summed E-state index contributed by atoms with van der Waals surface area (Å²) in [6, 6.07) is 3.25. The zero-order valence-electron chi connectivity index (χ0n) is 16.2. The first-order valence-corrected chi connectivity index (χ1v) is 9.82. The van der Waals surface area contributed by atoms with E-state index in [1.165, 1.54) is 37.3 Å². The van der Waals surface area contributed by atoms with E-state index in [0.717, 1.165) is 24.0 Å². The summed E-state index contributed by atoms with van der Waals surface area (Å²) in [6.07, 6.45) is 15.0. The number of benzene rings is 1. The standard InChI is InChI=1S/C24H31FO/c1-4-9-20-16-21(24(26)15-12-18(2)3)17-23(25)22(20)14-13-19-10-7-5-6-8-11-19/h4,9,13,16-17H,2,5-8,10-12,14-15H2,1,3H3/b9-4+. The van der Waals surface area contributed by atoms with Crippen molar-refractivity contribution >= 4 is 11.9 Å². The number of ketones is 1. The molecule has 1 aliphatic carbocycles. The third-order valence-corrected chi connectivity index (χ3v) is 5.02. The first-order valence-electron chi connectivity index (χ1n) is 9.82. The van der Waals surface area contributed by atoms with Crippen molar-refractivity contribution in [1.82, 2.24) is 0 Å². The van der Waals surface area contributed by atoms with Gasteiger partial charge in [0.15, 0.2) is 5.78 Å². The van der Waals surface area contributed by atoms with Gasteiger partial charge in [0, 0.05) is 12.0 Å². The van der Waals surface area contributed by atoms with Gasteiger partial charge in [-0.05, 0) is 75.6 Å². The van der Waals surface area contributed by atoms with Crippen LogP contribution in [0.1, 0.15) is 86.7 Å². The van der Waals surface area contributed by atoms with Gasteiger partial charge in [-0.15, -0.1) is 6.58 Å². The Morgan fingerprint density at radius 1 is 1.15 bits per heavy atom. The van der Waals surface area contributed by atoms with Crippen molar-refractivity contribution < 1.29 is 9.18 Å². The van der Waals surface area contributed by atoms with E-state index in [2.05, 4.69) is 12.7 Å². The molecule has 0 atom stereocenters. The van der Waals surface area contributed by atoms with E-state index in [-0.39, 0.29) is 11.6 Å². The lowest BCUT2D eigenvalue weighted by Crippen LogP contribution is -2.04. The molecule has 1 aliphatic rings. The van der Waals surface area contributed by atoms with E-state index >= 15 is 0 Å². The van der Waals surface area contributed by atoms with Gasteiger partial charge in [-0.2, -0.15) is 0 Å². The van der Waals surface area contributed by atoms with Crippen LogP contribution in [-0.4, -0.2) is 5.78 Å². The van der Waals surface area contributed by atoms with Crippen molar-refractivity contribution in [3.8, 4) is 0 Å². The van der Waals surface area contributed by atoms with Crippen LogP contribution in [0.2, 0.25) is 0 Å². The lowest BCUT2D eigenvalue weighted by Gasteiger charge is -2.11. The Morgan fingerprint density at radius 2 is 1.85 bits per heavy atom. The fraction of sp³-hybridized carbons (Fsp3) is 0.458. The average Bonchev–Trinajstić information content (AvgIpc) is 2.87. The van der Waals surface area contributed by atoms with Crippen molar-refractivity contribution in [3.05, 3.63) is 64.5 Å². The molecule has 1 saturated carbocycles. The second kappa shape index (κ2) is 10.3. The molecule has 140 valence electrons. The minimum absolute atomic E-state index is 0.0219. The highest BCUT2D eigenvalue weighted by molar-refractivity contribution is 5.96. The maximum atomic E-state index is 14.8. The molecular formula is C24H31FO. The van der Waals surface area contributed by atoms with Crippen LogP contribution in [0.25, 0.3) is 6.08 Å². The molecule has 0 amide bonds. The number of rotatable bonds is 7. The molecule has 0 saturated heterocycles. The van der Waals surface area contributed by atoms with Gasteiger partial charge in [0.2, 0.25) is 0 Å². The molecule has 2 rings (SSSR count). The summed E-state index contributed by atoms with van der Waals surface area (Å²) in [5, 5.41) is 0. The first-order chi connectivity index (χ1) is 12.5. The summed E-state index contributed by atoms with van der Waals surface area (Å²) in [4.78, 5) is 12.4. The van der Waals surface area contributed by atoms with E-state index < -0.39 is 0 Å². The van der Waals surface area contributed by atoms with Crippen LogP contribution in [0.5, 0.6) is 0 Å². The fourth-order valence-corrected chi connectivity index (χ4v) is 3.47. The van der Waals surface area contributed by atoms with Gasteiger partial charge in [0.05, 0.1) is 0 Å². The Bertz CT molecular complexity index is 699. The van der Waals surface area contributed by atoms with Crippen molar-refractivity contribution in [2.45, 2.75) is 71.6 Å². The third kappa shape index (κ3) is 6.09. The number of carbonyl (C=O) groups is 1. The lowest BCUT2D eigenvalue weighted by atomic mass is 9.95. The highest BCUT2D eigenvalue weighted by atomic mass is 19.1. The highest BCUT2D eigenvalue weighted by Crippen LogP contribution is 2.25. The molecule has 2 heteroatoms. The number of hydrogen-bond acceptors (Lipinski definition) is 1. The molecule has 1 aromatic rings. The summed E-state index contributed by atoms with van der Waals surface area (Å²) in [5.41, 5.74) is 4.39. The van der Waals surface area contributed by atoms with Gasteiger partial charge in [-0.3, -0.25) is 4.79 Å². The van der Waals surface area contributed by atoms with Crippen molar-refractivity contribution in [2.24, 2.45) is 0 Å². The molecule has 0 N–H and O–H groups in total. The predicted molar refractivity (Wildman–Crippen MR) is 109 cm³/mol. The number of halogens is 1. The molecular weight excluding hydrogens is 323 g/mol. The van der Waals surface area contributed by atoms with Crippen LogP contribution in [0, 0.1) is 5.82 Å². The zero-order chi connectivity index (χ0) is 18.9. The number of allylic oxidation sites excluding steroid dienone is 4. The summed E-state index contributed by atoms with van der Waals surface area (Å²) in [5.74, 6) is -0.295. The van der Waals surface area contributed by atoms with Crippen molar-refractivity contribution in [3.63, 3.8) is 0 Å². The quantitative estimate of drug-likeness (QED) is 0.287. The molecule has 1 nitrogen and oxygen atoms in total. The molecule has 0 heterocycles. The second-order valence-corrected chi connectivity index (χ2v) is 7.39. The first kappa shape index (κ1) is 20.4. The summed E-state index contributed by atoms with van der Waals surface area (Å²) in [6.45, 7) is 7.65. The average molecular weight is 355 g/mol. The fourth-order valence-electron chi connectivity index (χ4n) is 3.47. The molecule has 0 spiro atoms. The predicted octanol–water partition coefficient (Wildman–Crippen LogP) is 7.22. The maximum Gasteiger partial charge on any atom is 0.163 e. The van der Waals surface area contributed by atoms with Gasteiger partial charge in [-0.25, -0.2) is 4.39 Å². The topological polar surface area (TPSA) is 17.1 Å². The van der Waals surface area contributed by atoms with Gasteiger partial charge in [-0.1, -0.05) is 42.2 Å². The van der Waals surface area contributed by atoms with Crippen LogP contribution in [0.3, 0.4) is 0 Å². The molecule has 1 aromatic carbocycles. The number of Topliss-reactive ketones (excluding diaryl/α,β-unsaturated/α-hetero) is 1. The lowest BCUT2D eigenvalue weighted by molar-refractivity contribution is 0.0982. The van der Waals surface area contributed by atoms with Gasteiger partial charge in [0.1, 0.15) is 5.82 Å². The SMILES string of the molecule is C=C(C)CCC(=O)c1cc(F)c(CC=C2CCCCCC2)c(/C=C/C)c1. The van der Waals surface area contributed by atoms with Crippen LogP contribution in [0.4, 0.5) is 4.39 Å². The molecule has 1 fully saturated rings. The highest BCUT2D eigenvalue weighted by Gasteiger charge is 2.14. The molecule has 0 unspecified atom stereocenters. The molecule has 0 aliphatic heterocycles. The minimum atomic E-state index is -0.273. The van der Waals surface area contributed by atoms with Crippen LogP contribution >= 0.6 is 0 Å². The van der Waals surface area contributed by atoms with E-state index in [0.29, 0.717) is 30.4 Å². The van der Waals surface area contributed by atoms with E-state index in [1.54, 1.807) is 0 Å². The van der Waals surface area contributed by atoms with Gasteiger partial charge in [0.25, 0.3) is 0 Å². The Hall–Kier alpha value is -1.96. The molecule has 0 bridgehead atoms. The summed E-state index contributed by atoms with van der Waals surface area (Å²) >= 11 is 0. The Labute approximate surface area is 157 Å². The molecule has 26 heavy (non-hydrogen) atoms. The van der Waals surface area contributed by atoms with Crippen molar-refractivity contribution in [2.75, 3.05) is 0 Å². The molecule has 0 aromatic heterocycles. The smallest absolute Gasteiger partial charge is 0.163 e. The van der Waals surface area contributed by atoms with Crippen LogP contribution in [0.15, 0.2) is 42.0 Å². The number of hydrogen-bond donors (Lipinski definition) is 0. The van der Waals surface area contributed by atoms with Gasteiger partial charge >= 0.3 is 0 Å². The largest absolute Gasteiger partial charge is 0.294 e. The number of carbonyl (C=O) groups excluding carboxylic acids is 1. The zero-order valence-corrected chi connectivity index (χ0v) is 16.2. The van der Waals surface area contributed by atoms with Crippen LogP contribution in [-0.2, 0) is 6.42 Å².